The predicted octanol–water partition coefficient (Wildman–Crippen LogP) is 4.14. The highest BCUT2D eigenvalue weighted by Gasteiger charge is 2.04. The summed E-state index contributed by atoms with van der Waals surface area (Å²) >= 11 is 3.17. The van der Waals surface area contributed by atoms with Gasteiger partial charge in [-0.15, -0.1) is 22.7 Å². The van der Waals surface area contributed by atoms with Gasteiger partial charge in [-0.2, -0.15) is 10.2 Å². The van der Waals surface area contributed by atoms with Crippen molar-refractivity contribution in [2.24, 2.45) is 10.2 Å². The quantitative estimate of drug-likeness (QED) is 0.354. The van der Waals surface area contributed by atoms with Gasteiger partial charge in [0.15, 0.2) is 0 Å². The van der Waals surface area contributed by atoms with Crippen LogP contribution >= 0.6 is 22.7 Å². The van der Waals surface area contributed by atoms with Crippen LogP contribution in [-0.4, -0.2) is 23.2 Å². The van der Waals surface area contributed by atoms with Crippen molar-refractivity contribution < 1.29 is 9.59 Å². The Morgan fingerprint density at radius 3 is 1.63 bits per heavy atom. The lowest BCUT2D eigenvalue weighted by Crippen LogP contribution is -2.19. The Labute approximate surface area is 167 Å². The SMILES string of the molecule is CC(=NNC(=O)CCCCCC(=O)NN=C(C)c1cccs1)c1cccs1. The standard InChI is InChI=1S/C19H24N4O2S2/c1-14(16-8-6-12-26-16)20-22-18(24)10-4-3-5-11-19(25)23-21-15(2)17-9-7-13-27-17/h6-9,12-13H,3-5,10-11H2,1-2H3,(H,22,24)(H,23,25). The molecule has 2 heterocycles. The number of carbonyl (C=O) groups is 2. The Balaban J connectivity index is 1.56. The van der Waals surface area contributed by atoms with E-state index in [1.165, 1.54) is 0 Å². The summed E-state index contributed by atoms with van der Waals surface area (Å²) in [5.74, 6) is -0.210. The third-order valence-corrected chi connectivity index (χ3v) is 5.72. The Morgan fingerprint density at radius 1 is 0.815 bits per heavy atom. The van der Waals surface area contributed by atoms with Gasteiger partial charge < -0.3 is 0 Å². The molecule has 2 aromatic rings. The van der Waals surface area contributed by atoms with E-state index in [1.54, 1.807) is 22.7 Å². The van der Waals surface area contributed by atoms with E-state index in [4.69, 9.17) is 0 Å². The molecule has 0 aliphatic heterocycles. The highest BCUT2D eigenvalue weighted by atomic mass is 32.1. The van der Waals surface area contributed by atoms with Crippen molar-refractivity contribution in [1.29, 1.82) is 0 Å². The van der Waals surface area contributed by atoms with E-state index in [0.717, 1.165) is 40.4 Å². The summed E-state index contributed by atoms with van der Waals surface area (Å²) in [6, 6.07) is 7.83. The Hall–Kier alpha value is -2.32. The molecule has 8 heteroatoms. The number of rotatable bonds is 10. The Morgan fingerprint density at radius 2 is 1.26 bits per heavy atom. The predicted molar refractivity (Wildman–Crippen MR) is 112 cm³/mol. The molecule has 2 N–H and O–H groups in total. The number of amides is 2. The molecular weight excluding hydrogens is 380 g/mol. The molecule has 27 heavy (non-hydrogen) atoms. The summed E-state index contributed by atoms with van der Waals surface area (Å²) < 4.78 is 0. The van der Waals surface area contributed by atoms with Crippen LogP contribution in [0.1, 0.15) is 55.7 Å². The molecule has 0 saturated carbocycles. The van der Waals surface area contributed by atoms with Crippen molar-refractivity contribution in [3.63, 3.8) is 0 Å². The highest BCUT2D eigenvalue weighted by Crippen LogP contribution is 2.10. The molecule has 2 rings (SSSR count). The van der Waals surface area contributed by atoms with Crippen LogP contribution in [0.4, 0.5) is 0 Å². The number of hydrogen-bond donors (Lipinski definition) is 2. The van der Waals surface area contributed by atoms with Crippen LogP contribution in [0.2, 0.25) is 0 Å². The minimum Gasteiger partial charge on any atom is -0.273 e. The Bertz CT molecular complexity index is 715. The van der Waals surface area contributed by atoms with E-state index in [-0.39, 0.29) is 11.8 Å². The van der Waals surface area contributed by atoms with Crippen molar-refractivity contribution in [3.05, 3.63) is 44.8 Å². The lowest BCUT2D eigenvalue weighted by Gasteiger charge is -2.03. The van der Waals surface area contributed by atoms with Gasteiger partial charge in [-0.1, -0.05) is 18.6 Å². The number of unbranched alkanes of at least 4 members (excludes halogenated alkanes) is 2. The molecule has 144 valence electrons. The molecule has 2 amide bonds. The van der Waals surface area contributed by atoms with Crippen molar-refractivity contribution in [3.8, 4) is 0 Å². The van der Waals surface area contributed by atoms with Gasteiger partial charge in [0.2, 0.25) is 11.8 Å². The maximum absolute atomic E-state index is 11.8. The minimum absolute atomic E-state index is 0.105. The zero-order valence-electron chi connectivity index (χ0n) is 15.5. The zero-order chi connectivity index (χ0) is 19.5. The summed E-state index contributed by atoms with van der Waals surface area (Å²) in [6.45, 7) is 3.74. The minimum atomic E-state index is -0.105. The number of nitrogens with zero attached hydrogens (tertiary/aromatic N) is 2. The summed E-state index contributed by atoms with van der Waals surface area (Å²) in [7, 11) is 0. The topological polar surface area (TPSA) is 82.9 Å². The fraction of sp³-hybridized carbons (Fsp3) is 0.368. The average molecular weight is 405 g/mol. The second-order valence-electron chi connectivity index (χ2n) is 5.98. The van der Waals surface area contributed by atoms with Crippen LogP contribution in [-0.2, 0) is 9.59 Å². The fourth-order valence-electron chi connectivity index (χ4n) is 2.23. The second-order valence-corrected chi connectivity index (χ2v) is 7.88. The van der Waals surface area contributed by atoms with Gasteiger partial charge in [0.25, 0.3) is 0 Å². The van der Waals surface area contributed by atoms with Gasteiger partial charge >= 0.3 is 0 Å². The van der Waals surface area contributed by atoms with E-state index < -0.39 is 0 Å². The summed E-state index contributed by atoms with van der Waals surface area (Å²) in [6.07, 6.45) is 3.06. The van der Waals surface area contributed by atoms with Crippen LogP contribution in [0.15, 0.2) is 45.2 Å². The molecule has 0 fully saturated rings. The van der Waals surface area contributed by atoms with Gasteiger partial charge in [-0.25, -0.2) is 10.9 Å². The third kappa shape index (κ3) is 7.84. The first kappa shape index (κ1) is 21.0. The molecule has 0 aliphatic carbocycles. The summed E-state index contributed by atoms with van der Waals surface area (Å²) in [4.78, 5) is 25.7. The van der Waals surface area contributed by atoms with Crippen molar-refractivity contribution in [2.45, 2.75) is 46.0 Å². The molecule has 0 radical (unpaired) electrons. The van der Waals surface area contributed by atoms with Crippen LogP contribution in [0, 0.1) is 0 Å². The van der Waals surface area contributed by atoms with Crippen LogP contribution in [0.25, 0.3) is 0 Å². The number of hydrogen-bond acceptors (Lipinski definition) is 6. The average Bonchev–Trinajstić information content (AvgIpc) is 3.37. The highest BCUT2D eigenvalue weighted by molar-refractivity contribution is 7.12. The van der Waals surface area contributed by atoms with Crippen molar-refractivity contribution in [2.75, 3.05) is 0 Å². The van der Waals surface area contributed by atoms with Gasteiger partial charge in [-0.3, -0.25) is 9.59 Å². The molecule has 0 spiro atoms. The van der Waals surface area contributed by atoms with E-state index in [9.17, 15) is 9.59 Å². The van der Waals surface area contributed by atoms with E-state index in [2.05, 4.69) is 21.1 Å². The first-order chi connectivity index (χ1) is 13.1. The molecule has 0 atom stereocenters. The number of thiophene rings is 2. The van der Waals surface area contributed by atoms with Gasteiger partial charge in [-0.05, 0) is 49.6 Å². The number of hydrazone groups is 2. The first-order valence-electron chi connectivity index (χ1n) is 8.80. The first-order valence-corrected chi connectivity index (χ1v) is 10.6. The molecule has 0 bridgehead atoms. The number of carbonyl (C=O) groups excluding carboxylic acids is 2. The largest absolute Gasteiger partial charge is 0.273 e. The smallest absolute Gasteiger partial charge is 0.240 e. The third-order valence-electron chi connectivity index (χ3n) is 3.76. The zero-order valence-corrected chi connectivity index (χ0v) is 17.2. The molecule has 0 unspecified atom stereocenters. The maximum Gasteiger partial charge on any atom is 0.240 e. The van der Waals surface area contributed by atoms with E-state index in [1.807, 2.05) is 48.9 Å². The van der Waals surface area contributed by atoms with Gasteiger partial charge in [0, 0.05) is 22.6 Å². The van der Waals surface area contributed by atoms with Crippen molar-refractivity contribution in [1.82, 2.24) is 10.9 Å². The van der Waals surface area contributed by atoms with Crippen LogP contribution in [0.5, 0.6) is 0 Å². The molecule has 0 aromatic carbocycles. The molecule has 2 aromatic heterocycles. The van der Waals surface area contributed by atoms with E-state index >= 15 is 0 Å². The van der Waals surface area contributed by atoms with Gasteiger partial charge in [0.1, 0.15) is 0 Å². The fourth-order valence-corrected chi connectivity index (χ4v) is 3.59. The Kier molecular flexibility index (Phi) is 8.86. The van der Waals surface area contributed by atoms with Crippen LogP contribution in [0.3, 0.4) is 0 Å². The van der Waals surface area contributed by atoms with Gasteiger partial charge in [0.05, 0.1) is 11.4 Å². The molecular formula is C19H24N4O2S2. The molecule has 0 aliphatic rings. The molecule has 0 saturated heterocycles. The lowest BCUT2D eigenvalue weighted by molar-refractivity contribution is -0.121. The number of nitrogens with one attached hydrogen (secondary N) is 2. The van der Waals surface area contributed by atoms with Crippen LogP contribution < -0.4 is 10.9 Å². The monoisotopic (exact) mass is 404 g/mol. The second kappa shape index (κ2) is 11.4. The summed E-state index contributed by atoms with van der Waals surface area (Å²) in [5, 5.41) is 12.2. The molecule has 6 nitrogen and oxygen atoms in total. The summed E-state index contributed by atoms with van der Waals surface area (Å²) in [5.41, 5.74) is 6.75. The maximum atomic E-state index is 11.8. The lowest BCUT2D eigenvalue weighted by atomic mass is 10.1. The normalized spacial score (nSPS) is 12.1. The van der Waals surface area contributed by atoms with Crippen molar-refractivity contribution >= 4 is 45.9 Å². The van der Waals surface area contributed by atoms with E-state index in [0.29, 0.717) is 12.8 Å².